The Bertz CT molecular complexity index is 1040. The molecule has 2 aromatic carbocycles. The Morgan fingerprint density at radius 2 is 1.69 bits per heavy atom. The minimum absolute atomic E-state index is 0.112. The van der Waals surface area contributed by atoms with E-state index in [4.69, 9.17) is 4.74 Å². The number of ether oxygens (including phenoxy) is 1. The van der Waals surface area contributed by atoms with Crippen LogP contribution in [0.15, 0.2) is 60.3 Å². The van der Waals surface area contributed by atoms with Crippen molar-refractivity contribution < 1.29 is 13.5 Å². The molecule has 0 radical (unpaired) electrons. The number of methoxy groups -OCH3 is 1. The average Bonchev–Trinajstić information content (AvgIpc) is 3.10. The van der Waals surface area contributed by atoms with E-state index in [2.05, 4.69) is 25.0 Å². The molecule has 29 heavy (non-hydrogen) atoms. The zero-order valence-electron chi connectivity index (χ0n) is 16.8. The molecule has 0 bridgehead atoms. The summed E-state index contributed by atoms with van der Waals surface area (Å²) in [4.78, 5) is 0. The molecule has 0 saturated heterocycles. The number of hydrogen-bond donors (Lipinski definition) is 0. The van der Waals surface area contributed by atoms with E-state index in [1.165, 1.54) is 29.8 Å². The Balaban J connectivity index is 1.63. The Kier molecular flexibility index (Phi) is 5.09. The van der Waals surface area contributed by atoms with Crippen LogP contribution in [0.4, 0.5) is 8.78 Å². The van der Waals surface area contributed by atoms with Gasteiger partial charge in [0.15, 0.2) is 0 Å². The topological polar surface area (TPSA) is 27.1 Å². The summed E-state index contributed by atoms with van der Waals surface area (Å²) in [5.74, 6) is -0.512. The van der Waals surface area contributed by atoms with Gasteiger partial charge in [-0.2, -0.15) is 5.10 Å². The Hall–Kier alpha value is -2.79. The van der Waals surface area contributed by atoms with Crippen LogP contribution < -0.4 is 0 Å². The molecule has 1 aliphatic rings. The van der Waals surface area contributed by atoms with E-state index < -0.39 is 0 Å². The van der Waals surface area contributed by atoms with Crippen molar-refractivity contribution in [3.8, 4) is 5.69 Å². The molecular weight excluding hydrogens is 370 g/mol. The molecule has 150 valence electrons. The van der Waals surface area contributed by atoms with Gasteiger partial charge in [0.05, 0.1) is 23.7 Å². The summed E-state index contributed by atoms with van der Waals surface area (Å²) in [5.41, 5.74) is 5.10. The average molecular weight is 394 g/mol. The zero-order chi connectivity index (χ0) is 20.6. The van der Waals surface area contributed by atoms with Crippen molar-refractivity contribution >= 4 is 6.08 Å². The van der Waals surface area contributed by atoms with Gasteiger partial charge in [-0.3, -0.25) is 0 Å². The van der Waals surface area contributed by atoms with Crippen LogP contribution in [0.1, 0.15) is 43.2 Å². The molecule has 0 N–H and O–H groups in total. The fourth-order valence-corrected chi connectivity index (χ4v) is 4.07. The molecular formula is C24H24F2N2O. The second-order valence-corrected chi connectivity index (χ2v) is 7.99. The van der Waals surface area contributed by atoms with E-state index in [9.17, 15) is 8.78 Å². The summed E-state index contributed by atoms with van der Waals surface area (Å²) >= 11 is 0. The van der Waals surface area contributed by atoms with Crippen LogP contribution in [-0.4, -0.2) is 16.9 Å². The molecule has 3 nitrogen and oxygen atoms in total. The van der Waals surface area contributed by atoms with Gasteiger partial charge >= 0.3 is 0 Å². The molecule has 1 aliphatic carbocycles. The van der Waals surface area contributed by atoms with E-state index >= 15 is 0 Å². The molecule has 0 saturated carbocycles. The molecule has 1 heterocycles. The van der Waals surface area contributed by atoms with Crippen LogP contribution in [-0.2, 0) is 11.2 Å². The van der Waals surface area contributed by atoms with Crippen molar-refractivity contribution in [1.29, 1.82) is 0 Å². The monoisotopic (exact) mass is 394 g/mol. The number of hydrogen-bond acceptors (Lipinski definition) is 2. The fraction of sp³-hybridized carbons (Fsp3) is 0.292. The van der Waals surface area contributed by atoms with Crippen molar-refractivity contribution in [3.05, 3.63) is 88.8 Å². The lowest BCUT2D eigenvalue weighted by molar-refractivity contribution is 0.0653. The second kappa shape index (κ2) is 7.56. The number of halogens is 2. The molecule has 4 rings (SSSR count). The number of benzene rings is 2. The van der Waals surface area contributed by atoms with Crippen LogP contribution >= 0.6 is 0 Å². The number of allylic oxidation sites excluding steroid dienone is 1. The molecule has 5 heteroatoms. The van der Waals surface area contributed by atoms with Crippen molar-refractivity contribution in [2.45, 2.75) is 32.8 Å². The van der Waals surface area contributed by atoms with Crippen LogP contribution in [0, 0.1) is 17.0 Å². The highest BCUT2D eigenvalue weighted by Crippen LogP contribution is 2.45. The molecule has 0 fully saturated rings. The van der Waals surface area contributed by atoms with Gasteiger partial charge in [0.1, 0.15) is 11.6 Å². The summed E-state index contributed by atoms with van der Waals surface area (Å²) in [5, 5.41) is 4.54. The quantitative estimate of drug-likeness (QED) is 0.539. The Morgan fingerprint density at radius 1 is 1.07 bits per heavy atom. The summed E-state index contributed by atoms with van der Waals surface area (Å²) in [6.45, 7) is 4.36. The first-order valence-electron chi connectivity index (χ1n) is 9.69. The van der Waals surface area contributed by atoms with Crippen molar-refractivity contribution in [1.82, 2.24) is 9.78 Å². The molecule has 1 unspecified atom stereocenters. The third-order valence-electron chi connectivity index (χ3n) is 6.01. The van der Waals surface area contributed by atoms with Crippen LogP contribution in [0.25, 0.3) is 11.8 Å². The summed E-state index contributed by atoms with van der Waals surface area (Å²) in [6, 6.07) is 12.9. The van der Waals surface area contributed by atoms with Crippen LogP contribution in [0.2, 0.25) is 0 Å². The van der Waals surface area contributed by atoms with Gasteiger partial charge in [-0.1, -0.05) is 24.6 Å². The first kappa shape index (κ1) is 19.5. The molecule has 0 spiro atoms. The van der Waals surface area contributed by atoms with Gasteiger partial charge in [0.25, 0.3) is 0 Å². The van der Waals surface area contributed by atoms with E-state index in [0.717, 1.165) is 35.3 Å². The summed E-state index contributed by atoms with van der Waals surface area (Å²) < 4.78 is 34.2. The lowest BCUT2D eigenvalue weighted by Crippen LogP contribution is -2.27. The van der Waals surface area contributed by atoms with Crippen LogP contribution in [0.3, 0.4) is 0 Å². The van der Waals surface area contributed by atoms with Gasteiger partial charge in [-0.25, -0.2) is 13.5 Å². The lowest BCUT2D eigenvalue weighted by atomic mass is 9.70. The highest BCUT2D eigenvalue weighted by molar-refractivity contribution is 5.60. The predicted octanol–water partition coefficient (Wildman–Crippen LogP) is 5.89. The van der Waals surface area contributed by atoms with Crippen molar-refractivity contribution in [2.75, 3.05) is 7.11 Å². The first-order valence-corrected chi connectivity index (χ1v) is 9.69. The maximum atomic E-state index is 13.3. The SMILES string of the molecule is COC(C[C@@]1(C)Cc2cnn(-c3ccc(F)cc3)c2C=C1C)c1ccc(F)cc1. The molecule has 3 aromatic rings. The number of aromatic nitrogens is 2. The molecule has 0 aliphatic heterocycles. The number of nitrogens with zero attached hydrogens (tertiary/aromatic N) is 2. The Labute approximate surface area is 169 Å². The predicted molar refractivity (Wildman–Crippen MR) is 110 cm³/mol. The maximum absolute atomic E-state index is 13.3. The van der Waals surface area contributed by atoms with E-state index in [-0.39, 0.29) is 23.2 Å². The Morgan fingerprint density at radius 3 is 2.31 bits per heavy atom. The second-order valence-electron chi connectivity index (χ2n) is 7.99. The smallest absolute Gasteiger partial charge is 0.123 e. The zero-order valence-corrected chi connectivity index (χ0v) is 16.8. The minimum atomic E-state index is -0.263. The standard InChI is InChI=1S/C24H24F2N2O/c1-16-12-22-18(15-27-28(22)21-10-8-20(26)9-11-21)13-24(16,2)14-23(29-3)17-4-6-19(25)7-5-17/h4-12,15,23H,13-14H2,1-3H3/t23?,24-/m1/s1. The number of fused-ring (bicyclic) bond motifs is 1. The van der Waals surface area contributed by atoms with Gasteiger partial charge < -0.3 is 4.74 Å². The van der Waals surface area contributed by atoms with Gasteiger partial charge in [0.2, 0.25) is 0 Å². The maximum Gasteiger partial charge on any atom is 0.123 e. The normalized spacial score (nSPS) is 19.6. The van der Waals surface area contributed by atoms with E-state index in [1.807, 2.05) is 10.9 Å². The third kappa shape index (κ3) is 3.75. The largest absolute Gasteiger partial charge is 0.377 e. The summed E-state index contributed by atoms with van der Waals surface area (Å²) in [7, 11) is 1.69. The highest BCUT2D eigenvalue weighted by atomic mass is 19.1. The minimum Gasteiger partial charge on any atom is -0.377 e. The molecule has 2 atom stereocenters. The van der Waals surface area contributed by atoms with Gasteiger partial charge in [-0.05, 0) is 78.8 Å². The van der Waals surface area contributed by atoms with Gasteiger partial charge in [-0.15, -0.1) is 0 Å². The third-order valence-corrected chi connectivity index (χ3v) is 6.01. The first-order chi connectivity index (χ1) is 13.9. The van der Waals surface area contributed by atoms with Crippen LogP contribution in [0.5, 0.6) is 0 Å². The fourth-order valence-electron chi connectivity index (χ4n) is 4.07. The number of rotatable bonds is 5. The lowest BCUT2D eigenvalue weighted by Gasteiger charge is -2.37. The van der Waals surface area contributed by atoms with Crippen molar-refractivity contribution in [2.24, 2.45) is 5.41 Å². The van der Waals surface area contributed by atoms with Crippen molar-refractivity contribution in [3.63, 3.8) is 0 Å². The van der Waals surface area contributed by atoms with E-state index in [0.29, 0.717) is 0 Å². The molecule has 1 aromatic heterocycles. The molecule has 0 amide bonds. The summed E-state index contributed by atoms with van der Waals surface area (Å²) in [6.07, 6.45) is 5.52. The van der Waals surface area contributed by atoms with E-state index in [1.54, 1.807) is 31.4 Å². The van der Waals surface area contributed by atoms with Gasteiger partial charge in [0, 0.05) is 7.11 Å². The highest BCUT2D eigenvalue weighted by Gasteiger charge is 2.35.